The van der Waals surface area contributed by atoms with Crippen molar-refractivity contribution >= 4 is 11.6 Å². The highest BCUT2D eigenvalue weighted by Gasteiger charge is 2.28. The predicted molar refractivity (Wildman–Crippen MR) is 87.5 cm³/mol. The SMILES string of the molecule is COc1cc2c(cc1Cl)C[C@H](N=[N+]=[N-])C[C@H]2c1ccccc1. The molecule has 2 atom stereocenters. The van der Waals surface area contributed by atoms with E-state index in [9.17, 15) is 0 Å². The first-order valence-corrected chi connectivity index (χ1v) is 7.56. The van der Waals surface area contributed by atoms with Gasteiger partial charge in [0.25, 0.3) is 0 Å². The molecule has 0 amide bonds. The van der Waals surface area contributed by atoms with Crippen LogP contribution < -0.4 is 4.74 Å². The lowest BCUT2D eigenvalue weighted by Gasteiger charge is -2.30. The second kappa shape index (κ2) is 6.30. The van der Waals surface area contributed by atoms with Crippen LogP contribution in [0.2, 0.25) is 5.02 Å². The van der Waals surface area contributed by atoms with Crippen LogP contribution >= 0.6 is 11.6 Å². The fraction of sp³-hybridized carbons (Fsp3) is 0.294. The quantitative estimate of drug-likeness (QED) is 0.441. The molecule has 1 aliphatic carbocycles. The first-order chi connectivity index (χ1) is 10.7. The average molecular weight is 314 g/mol. The summed E-state index contributed by atoms with van der Waals surface area (Å²) in [6, 6.07) is 14.2. The van der Waals surface area contributed by atoms with Crippen LogP contribution in [0.5, 0.6) is 5.75 Å². The number of azide groups is 1. The molecule has 0 aliphatic heterocycles. The van der Waals surface area contributed by atoms with Crippen molar-refractivity contribution in [3.8, 4) is 5.75 Å². The number of methoxy groups -OCH3 is 1. The van der Waals surface area contributed by atoms with Crippen LogP contribution in [0.1, 0.15) is 29.0 Å². The maximum atomic E-state index is 8.77. The molecule has 0 saturated carbocycles. The smallest absolute Gasteiger partial charge is 0.137 e. The summed E-state index contributed by atoms with van der Waals surface area (Å²) in [6.07, 6.45) is 1.51. The Morgan fingerprint density at radius 3 is 2.73 bits per heavy atom. The van der Waals surface area contributed by atoms with Crippen LogP contribution in [-0.4, -0.2) is 13.2 Å². The molecule has 0 radical (unpaired) electrons. The lowest BCUT2D eigenvalue weighted by Crippen LogP contribution is -2.22. The number of hydrogen-bond acceptors (Lipinski definition) is 2. The molecule has 0 spiro atoms. The molecule has 5 heteroatoms. The van der Waals surface area contributed by atoms with Gasteiger partial charge in [-0.2, -0.15) is 0 Å². The number of ether oxygens (including phenoxy) is 1. The van der Waals surface area contributed by atoms with Crippen molar-refractivity contribution in [2.45, 2.75) is 24.8 Å². The Morgan fingerprint density at radius 2 is 2.05 bits per heavy atom. The fourth-order valence-electron chi connectivity index (χ4n) is 3.17. The first-order valence-electron chi connectivity index (χ1n) is 7.18. The average Bonchev–Trinajstić information content (AvgIpc) is 2.54. The van der Waals surface area contributed by atoms with Gasteiger partial charge in [-0.05, 0) is 47.2 Å². The number of hydrogen-bond donors (Lipinski definition) is 0. The Balaban J connectivity index is 2.12. The standard InChI is InChI=1S/C17H16ClN3O/c1-22-17-10-15-12(8-16(17)18)7-13(20-21-19)9-14(15)11-5-3-2-4-6-11/h2-6,8,10,13-14H,7,9H2,1H3/t13-,14-/m0/s1. The van der Waals surface area contributed by atoms with Gasteiger partial charge in [-0.25, -0.2) is 0 Å². The molecule has 0 unspecified atom stereocenters. The zero-order valence-electron chi connectivity index (χ0n) is 12.2. The van der Waals surface area contributed by atoms with Crippen LogP contribution in [0.3, 0.4) is 0 Å². The van der Waals surface area contributed by atoms with E-state index in [1.165, 1.54) is 11.1 Å². The second-order valence-electron chi connectivity index (χ2n) is 5.45. The fourth-order valence-corrected chi connectivity index (χ4v) is 3.43. The van der Waals surface area contributed by atoms with Gasteiger partial charge in [0, 0.05) is 16.9 Å². The topological polar surface area (TPSA) is 58.0 Å². The Kier molecular flexibility index (Phi) is 4.23. The number of fused-ring (bicyclic) bond motifs is 1. The largest absolute Gasteiger partial charge is 0.495 e. The van der Waals surface area contributed by atoms with E-state index in [0.29, 0.717) is 17.2 Å². The zero-order valence-corrected chi connectivity index (χ0v) is 13.0. The van der Waals surface area contributed by atoms with Gasteiger partial charge in [0.05, 0.1) is 12.1 Å². The third kappa shape index (κ3) is 2.76. The highest BCUT2D eigenvalue weighted by atomic mass is 35.5. The van der Waals surface area contributed by atoms with Crippen LogP contribution in [0.15, 0.2) is 47.6 Å². The summed E-state index contributed by atoms with van der Waals surface area (Å²) >= 11 is 6.25. The Bertz CT molecular complexity index is 726. The minimum absolute atomic E-state index is 0.0489. The van der Waals surface area contributed by atoms with Gasteiger partial charge in [-0.3, -0.25) is 0 Å². The number of nitrogens with zero attached hydrogens (tertiary/aromatic N) is 3. The molecule has 0 heterocycles. The normalized spacial score (nSPS) is 19.9. The number of halogens is 1. The van der Waals surface area contributed by atoms with Crippen LogP contribution in [0.25, 0.3) is 10.4 Å². The van der Waals surface area contributed by atoms with Crippen molar-refractivity contribution in [1.29, 1.82) is 0 Å². The van der Waals surface area contributed by atoms with Crippen molar-refractivity contribution in [3.05, 3.63) is 74.6 Å². The van der Waals surface area contributed by atoms with Crippen molar-refractivity contribution in [2.24, 2.45) is 5.11 Å². The molecule has 2 aromatic rings. The Morgan fingerprint density at radius 1 is 1.27 bits per heavy atom. The summed E-state index contributed by atoms with van der Waals surface area (Å²) in [7, 11) is 1.62. The molecule has 0 saturated heterocycles. The van der Waals surface area contributed by atoms with Crippen molar-refractivity contribution in [2.75, 3.05) is 7.11 Å². The summed E-state index contributed by atoms with van der Waals surface area (Å²) in [4.78, 5) is 2.98. The van der Waals surface area contributed by atoms with E-state index in [1.54, 1.807) is 7.11 Å². The van der Waals surface area contributed by atoms with Gasteiger partial charge in [0.15, 0.2) is 0 Å². The van der Waals surface area contributed by atoms with Gasteiger partial charge in [0.2, 0.25) is 0 Å². The molecular formula is C17H16ClN3O. The van der Waals surface area contributed by atoms with Crippen LogP contribution in [-0.2, 0) is 6.42 Å². The molecule has 3 rings (SSSR count). The van der Waals surface area contributed by atoms with E-state index >= 15 is 0 Å². The highest BCUT2D eigenvalue weighted by molar-refractivity contribution is 6.32. The van der Waals surface area contributed by atoms with Crippen LogP contribution in [0.4, 0.5) is 0 Å². The summed E-state index contributed by atoms with van der Waals surface area (Å²) < 4.78 is 5.36. The van der Waals surface area contributed by atoms with E-state index < -0.39 is 0 Å². The molecular weight excluding hydrogens is 298 g/mol. The molecule has 22 heavy (non-hydrogen) atoms. The molecule has 0 N–H and O–H groups in total. The maximum Gasteiger partial charge on any atom is 0.137 e. The lowest BCUT2D eigenvalue weighted by atomic mass is 9.77. The lowest BCUT2D eigenvalue weighted by molar-refractivity contribution is 0.412. The van der Waals surface area contributed by atoms with E-state index in [1.807, 2.05) is 30.3 Å². The number of rotatable bonds is 3. The molecule has 112 valence electrons. The molecule has 1 aliphatic rings. The van der Waals surface area contributed by atoms with Gasteiger partial charge < -0.3 is 4.74 Å². The van der Waals surface area contributed by atoms with Gasteiger partial charge in [-0.1, -0.05) is 47.0 Å². The summed E-state index contributed by atoms with van der Waals surface area (Å²) in [5.74, 6) is 0.871. The van der Waals surface area contributed by atoms with Crippen molar-refractivity contribution in [1.82, 2.24) is 0 Å². The Hall–Kier alpha value is -2.16. The Labute approximate surface area is 134 Å². The third-order valence-electron chi connectivity index (χ3n) is 4.17. The monoisotopic (exact) mass is 313 g/mol. The zero-order chi connectivity index (χ0) is 15.5. The van der Waals surface area contributed by atoms with Gasteiger partial charge in [-0.15, -0.1) is 0 Å². The molecule has 4 nitrogen and oxygen atoms in total. The van der Waals surface area contributed by atoms with E-state index in [2.05, 4.69) is 22.2 Å². The summed E-state index contributed by atoms with van der Waals surface area (Å²) in [5.41, 5.74) is 12.3. The van der Waals surface area contributed by atoms with Gasteiger partial charge >= 0.3 is 0 Å². The maximum absolute atomic E-state index is 8.77. The van der Waals surface area contributed by atoms with Crippen molar-refractivity contribution in [3.63, 3.8) is 0 Å². The molecule has 0 bridgehead atoms. The molecule has 0 fully saturated rings. The molecule has 2 aromatic carbocycles. The first kappa shape index (κ1) is 14.8. The summed E-state index contributed by atoms with van der Waals surface area (Å²) in [5, 5.41) is 4.53. The van der Waals surface area contributed by atoms with Crippen molar-refractivity contribution < 1.29 is 4.74 Å². The second-order valence-corrected chi connectivity index (χ2v) is 5.85. The van der Waals surface area contributed by atoms with E-state index in [0.717, 1.165) is 12.0 Å². The highest BCUT2D eigenvalue weighted by Crippen LogP contribution is 2.41. The molecule has 0 aromatic heterocycles. The third-order valence-corrected chi connectivity index (χ3v) is 4.46. The minimum atomic E-state index is -0.0489. The predicted octanol–water partition coefficient (Wildman–Crippen LogP) is 5.11. The van der Waals surface area contributed by atoms with Gasteiger partial charge in [0.1, 0.15) is 5.75 Å². The summed E-state index contributed by atoms with van der Waals surface area (Å²) in [6.45, 7) is 0. The van der Waals surface area contributed by atoms with E-state index in [-0.39, 0.29) is 12.0 Å². The van der Waals surface area contributed by atoms with Crippen LogP contribution in [0, 0.1) is 0 Å². The van der Waals surface area contributed by atoms with E-state index in [4.69, 9.17) is 21.9 Å². The minimum Gasteiger partial charge on any atom is -0.495 e. The number of benzene rings is 2.